The van der Waals surface area contributed by atoms with Gasteiger partial charge in [0.15, 0.2) is 0 Å². The lowest BCUT2D eigenvalue weighted by atomic mass is 10.2. The van der Waals surface area contributed by atoms with E-state index in [4.69, 9.17) is 4.74 Å². The van der Waals surface area contributed by atoms with Crippen LogP contribution in [0.5, 0.6) is 0 Å². The van der Waals surface area contributed by atoms with Gasteiger partial charge in [0.2, 0.25) is 0 Å². The first-order valence-corrected chi connectivity index (χ1v) is 5.72. The number of hydrogen-bond acceptors (Lipinski definition) is 4. The molecule has 2 N–H and O–H groups in total. The summed E-state index contributed by atoms with van der Waals surface area (Å²) in [6.07, 6.45) is -0.373. The van der Waals surface area contributed by atoms with E-state index in [0.29, 0.717) is 6.61 Å². The van der Waals surface area contributed by atoms with Crippen molar-refractivity contribution in [3.05, 3.63) is 0 Å². The molecule has 4 heteroatoms. The van der Waals surface area contributed by atoms with Crippen LogP contribution >= 0.6 is 0 Å². The average Bonchev–Trinajstić information content (AvgIpc) is 2.15. The van der Waals surface area contributed by atoms with Gasteiger partial charge in [0, 0.05) is 32.7 Å². The highest BCUT2D eigenvalue weighted by atomic mass is 16.5. The molecule has 90 valence electrons. The summed E-state index contributed by atoms with van der Waals surface area (Å²) in [6.45, 7) is 11.2. The van der Waals surface area contributed by atoms with E-state index in [1.54, 1.807) is 0 Å². The Balaban J connectivity index is 2.14. The van der Waals surface area contributed by atoms with Gasteiger partial charge in [0.05, 0.1) is 18.3 Å². The summed E-state index contributed by atoms with van der Waals surface area (Å²) in [7, 11) is 0. The molecule has 0 aliphatic carbocycles. The minimum absolute atomic E-state index is 0.162. The third kappa shape index (κ3) is 6.10. The van der Waals surface area contributed by atoms with Crippen molar-refractivity contribution in [1.29, 1.82) is 0 Å². The monoisotopic (exact) mass is 216 g/mol. The van der Waals surface area contributed by atoms with Gasteiger partial charge >= 0.3 is 0 Å². The molecule has 0 bridgehead atoms. The maximum Gasteiger partial charge on any atom is 0.0900 e. The highest BCUT2D eigenvalue weighted by molar-refractivity contribution is 4.71. The molecule has 0 aromatic rings. The molecule has 1 saturated heterocycles. The van der Waals surface area contributed by atoms with E-state index >= 15 is 0 Å². The lowest BCUT2D eigenvalue weighted by Crippen LogP contribution is -2.47. The molecular formula is C11H24N2O2. The molecule has 0 unspecified atom stereocenters. The Hall–Kier alpha value is -0.160. The van der Waals surface area contributed by atoms with Gasteiger partial charge in [-0.3, -0.25) is 4.90 Å². The molecule has 1 aliphatic heterocycles. The molecule has 1 heterocycles. The number of aliphatic hydroxyl groups is 1. The molecule has 0 aromatic heterocycles. The second-order valence-electron chi connectivity index (χ2n) is 5.13. The Kier molecular flexibility index (Phi) is 4.99. The van der Waals surface area contributed by atoms with Gasteiger partial charge in [-0.15, -0.1) is 0 Å². The Morgan fingerprint density at radius 3 is 2.47 bits per heavy atom. The standard InChI is InChI=1S/C11H24N2O2/c1-11(2,3)15-9-10(14)8-13-6-4-12-5-7-13/h10,12,14H,4-9H2,1-3H3/t10-/m0/s1. The number of nitrogens with zero attached hydrogens (tertiary/aromatic N) is 1. The van der Waals surface area contributed by atoms with Crippen LogP contribution in [0.15, 0.2) is 0 Å². The molecule has 0 radical (unpaired) electrons. The maximum absolute atomic E-state index is 9.78. The summed E-state index contributed by atoms with van der Waals surface area (Å²) in [6, 6.07) is 0. The molecule has 1 atom stereocenters. The van der Waals surface area contributed by atoms with Crippen molar-refractivity contribution < 1.29 is 9.84 Å². The Morgan fingerprint density at radius 2 is 1.93 bits per heavy atom. The van der Waals surface area contributed by atoms with Gasteiger partial charge in [-0.05, 0) is 20.8 Å². The molecule has 1 aliphatic rings. The fourth-order valence-electron chi connectivity index (χ4n) is 1.59. The number of β-amino-alcohol motifs (C(OH)–C–C–N with tert-alkyl or cyclic N) is 1. The Labute approximate surface area is 92.6 Å². The third-order valence-corrected chi connectivity index (χ3v) is 2.39. The lowest BCUT2D eigenvalue weighted by molar-refractivity contribution is -0.0566. The summed E-state index contributed by atoms with van der Waals surface area (Å²) in [5, 5.41) is 13.1. The highest BCUT2D eigenvalue weighted by Crippen LogP contribution is 2.07. The van der Waals surface area contributed by atoms with Crippen molar-refractivity contribution in [2.45, 2.75) is 32.5 Å². The molecule has 4 nitrogen and oxygen atoms in total. The molecule has 0 spiro atoms. The summed E-state index contributed by atoms with van der Waals surface area (Å²) >= 11 is 0. The van der Waals surface area contributed by atoms with Crippen molar-refractivity contribution in [3.8, 4) is 0 Å². The first kappa shape index (κ1) is 12.9. The zero-order chi connectivity index (χ0) is 11.3. The van der Waals surface area contributed by atoms with E-state index in [2.05, 4.69) is 10.2 Å². The van der Waals surface area contributed by atoms with Gasteiger partial charge < -0.3 is 15.2 Å². The number of hydrogen-bond donors (Lipinski definition) is 2. The van der Waals surface area contributed by atoms with Crippen molar-refractivity contribution in [1.82, 2.24) is 10.2 Å². The summed E-state index contributed by atoms with van der Waals surface area (Å²) in [4.78, 5) is 2.27. The van der Waals surface area contributed by atoms with Gasteiger partial charge in [-0.1, -0.05) is 0 Å². The van der Waals surface area contributed by atoms with Gasteiger partial charge in [0.1, 0.15) is 0 Å². The van der Waals surface area contributed by atoms with Crippen LogP contribution < -0.4 is 5.32 Å². The first-order chi connectivity index (χ1) is 6.97. The molecule has 0 aromatic carbocycles. The van der Waals surface area contributed by atoms with Gasteiger partial charge in [-0.2, -0.15) is 0 Å². The largest absolute Gasteiger partial charge is 0.389 e. The Bertz CT molecular complexity index is 174. The van der Waals surface area contributed by atoms with E-state index in [-0.39, 0.29) is 11.7 Å². The summed E-state index contributed by atoms with van der Waals surface area (Å²) in [5.74, 6) is 0. The predicted octanol–water partition coefficient (Wildman–Crippen LogP) is 0.0676. The molecule has 1 rings (SSSR count). The minimum atomic E-state index is -0.373. The van der Waals surface area contributed by atoms with Crippen LogP contribution in [0.1, 0.15) is 20.8 Å². The summed E-state index contributed by atoms with van der Waals surface area (Å²) in [5.41, 5.74) is -0.162. The van der Waals surface area contributed by atoms with Crippen molar-refractivity contribution in [3.63, 3.8) is 0 Å². The van der Waals surface area contributed by atoms with Crippen LogP contribution in [-0.4, -0.2) is 61.0 Å². The maximum atomic E-state index is 9.78. The Morgan fingerprint density at radius 1 is 1.33 bits per heavy atom. The van der Waals surface area contributed by atoms with E-state index in [1.165, 1.54) is 0 Å². The zero-order valence-corrected chi connectivity index (χ0v) is 10.1. The average molecular weight is 216 g/mol. The fraction of sp³-hybridized carbons (Fsp3) is 1.00. The van der Waals surface area contributed by atoms with E-state index in [0.717, 1.165) is 32.7 Å². The van der Waals surface area contributed by atoms with Crippen molar-refractivity contribution in [2.75, 3.05) is 39.3 Å². The van der Waals surface area contributed by atoms with Crippen molar-refractivity contribution in [2.24, 2.45) is 0 Å². The van der Waals surface area contributed by atoms with Crippen LogP contribution in [-0.2, 0) is 4.74 Å². The van der Waals surface area contributed by atoms with Gasteiger partial charge in [0.25, 0.3) is 0 Å². The number of ether oxygens (including phenoxy) is 1. The van der Waals surface area contributed by atoms with Crippen LogP contribution in [0.4, 0.5) is 0 Å². The smallest absolute Gasteiger partial charge is 0.0900 e. The van der Waals surface area contributed by atoms with Crippen LogP contribution in [0.25, 0.3) is 0 Å². The molecule has 1 fully saturated rings. The topological polar surface area (TPSA) is 44.7 Å². The first-order valence-electron chi connectivity index (χ1n) is 5.72. The van der Waals surface area contributed by atoms with E-state index < -0.39 is 0 Å². The number of aliphatic hydroxyl groups excluding tert-OH is 1. The van der Waals surface area contributed by atoms with Crippen LogP contribution in [0.3, 0.4) is 0 Å². The van der Waals surface area contributed by atoms with E-state index in [1.807, 2.05) is 20.8 Å². The second-order valence-corrected chi connectivity index (χ2v) is 5.13. The SMILES string of the molecule is CC(C)(C)OC[C@@H](O)CN1CCNCC1. The molecule has 0 amide bonds. The predicted molar refractivity (Wildman–Crippen MR) is 61.0 cm³/mol. The zero-order valence-electron chi connectivity index (χ0n) is 10.1. The normalized spacial score (nSPS) is 21.6. The second kappa shape index (κ2) is 5.80. The van der Waals surface area contributed by atoms with Crippen LogP contribution in [0, 0.1) is 0 Å². The highest BCUT2D eigenvalue weighted by Gasteiger charge is 2.17. The van der Waals surface area contributed by atoms with E-state index in [9.17, 15) is 5.11 Å². The minimum Gasteiger partial charge on any atom is -0.389 e. The van der Waals surface area contributed by atoms with Crippen molar-refractivity contribution >= 4 is 0 Å². The summed E-state index contributed by atoms with van der Waals surface area (Å²) < 4.78 is 5.54. The van der Waals surface area contributed by atoms with Crippen LogP contribution in [0.2, 0.25) is 0 Å². The molecule has 0 saturated carbocycles. The molecular weight excluding hydrogens is 192 g/mol. The van der Waals surface area contributed by atoms with Gasteiger partial charge in [-0.25, -0.2) is 0 Å². The lowest BCUT2D eigenvalue weighted by Gasteiger charge is -2.30. The molecule has 15 heavy (non-hydrogen) atoms. The fourth-order valence-corrected chi connectivity index (χ4v) is 1.59. The quantitative estimate of drug-likeness (QED) is 0.698. The third-order valence-electron chi connectivity index (χ3n) is 2.39. The number of rotatable bonds is 4. The number of piperazine rings is 1. The number of nitrogens with one attached hydrogen (secondary N) is 1.